The van der Waals surface area contributed by atoms with Crippen molar-refractivity contribution in [3.8, 4) is 0 Å². The fourth-order valence-electron chi connectivity index (χ4n) is 4.66. The lowest BCUT2D eigenvalue weighted by Crippen LogP contribution is -2.44. The van der Waals surface area contributed by atoms with Crippen molar-refractivity contribution >= 4 is 34.6 Å². The summed E-state index contributed by atoms with van der Waals surface area (Å²) in [5, 5.41) is 15.4. The second kappa shape index (κ2) is 9.76. The number of hydrogen-bond acceptors (Lipinski definition) is 4. The molecule has 0 aliphatic carbocycles. The predicted molar refractivity (Wildman–Crippen MR) is 131 cm³/mol. The molecule has 3 aromatic rings. The van der Waals surface area contributed by atoms with Gasteiger partial charge in [0, 0.05) is 27.3 Å². The SMILES string of the molecule is O=C(C=CC1=Cc2[nH]nc3cccc(c23)S1)NC(CCc1ccccc1)C1CCNCC1. The smallest absolute Gasteiger partial charge is 0.244 e. The summed E-state index contributed by atoms with van der Waals surface area (Å²) in [6, 6.07) is 16.9. The van der Waals surface area contributed by atoms with Crippen LogP contribution in [0.2, 0.25) is 0 Å². The van der Waals surface area contributed by atoms with Gasteiger partial charge < -0.3 is 10.6 Å². The molecule has 2 aromatic carbocycles. The lowest BCUT2D eigenvalue weighted by molar-refractivity contribution is -0.117. The van der Waals surface area contributed by atoms with Crippen LogP contribution in [0.3, 0.4) is 0 Å². The minimum absolute atomic E-state index is 0.0169. The van der Waals surface area contributed by atoms with Gasteiger partial charge >= 0.3 is 0 Å². The maximum absolute atomic E-state index is 12.9. The number of rotatable bonds is 7. The standard InChI is InChI=1S/C26H28N4OS/c31-25(12-10-20-17-23-26-22(29-30-23)7-4-8-24(26)32-20)28-21(19-13-15-27-16-14-19)11-9-18-5-2-1-3-6-18/h1-8,10,12,17,19,21,27H,9,11,13-16H2,(H,28,31)(H,29,30). The molecule has 1 amide bonds. The van der Waals surface area contributed by atoms with Crippen molar-refractivity contribution in [2.45, 2.75) is 36.6 Å². The summed E-state index contributed by atoms with van der Waals surface area (Å²) in [4.78, 5) is 15.1. The normalized spacial score (nSPS) is 17.4. The number of carbonyl (C=O) groups excluding carboxylic acids is 1. The van der Waals surface area contributed by atoms with Crippen molar-refractivity contribution in [3.63, 3.8) is 0 Å². The third-order valence-corrected chi connectivity index (χ3v) is 7.40. The molecule has 0 bridgehead atoms. The lowest BCUT2D eigenvalue weighted by atomic mass is 9.86. The van der Waals surface area contributed by atoms with Gasteiger partial charge in [-0.25, -0.2) is 0 Å². The van der Waals surface area contributed by atoms with E-state index in [1.807, 2.05) is 24.3 Å². The van der Waals surface area contributed by atoms with E-state index in [9.17, 15) is 4.79 Å². The van der Waals surface area contributed by atoms with Crippen LogP contribution in [0, 0.1) is 5.92 Å². The first kappa shape index (κ1) is 21.0. The summed E-state index contributed by atoms with van der Waals surface area (Å²) in [5.41, 5.74) is 3.31. The summed E-state index contributed by atoms with van der Waals surface area (Å²) in [6.07, 6.45) is 9.82. The van der Waals surface area contributed by atoms with Gasteiger partial charge in [-0.1, -0.05) is 48.2 Å². The van der Waals surface area contributed by atoms with Crippen molar-refractivity contribution in [2.24, 2.45) is 5.92 Å². The van der Waals surface area contributed by atoms with E-state index in [0.717, 1.165) is 60.3 Å². The van der Waals surface area contributed by atoms with Gasteiger partial charge in [0.15, 0.2) is 0 Å². The molecule has 0 saturated carbocycles. The molecule has 1 saturated heterocycles. The molecule has 3 N–H and O–H groups in total. The number of nitrogens with one attached hydrogen (secondary N) is 3. The van der Waals surface area contributed by atoms with Crippen molar-refractivity contribution in [1.29, 1.82) is 0 Å². The van der Waals surface area contributed by atoms with E-state index in [1.54, 1.807) is 17.8 Å². The summed E-state index contributed by atoms with van der Waals surface area (Å²) in [7, 11) is 0. The molecular weight excluding hydrogens is 416 g/mol. The first-order chi connectivity index (χ1) is 15.8. The van der Waals surface area contributed by atoms with E-state index >= 15 is 0 Å². The van der Waals surface area contributed by atoms with Gasteiger partial charge in [0.05, 0.1) is 11.2 Å². The molecule has 3 heterocycles. The van der Waals surface area contributed by atoms with Crippen LogP contribution in [0.25, 0.3) is 17.0 Å². The Hall–Kier alpha value is -2.83. The van der Waals surface area contributed by atoms with E-state index in [4.69, 9.17) is 0 Å². The van der Waals surface area contributed by atoms with Crippen LogP contribution in [0.15, 0.2) is 70.5 Å². The van der Waals surface area contributed by atoms with Crippen molar-refractivity contribution in [1.82, 2.24) is 20.8 Å². The number of amides is 1. The molecule has 2 aliphatic rings. The Morgan fingerprint density at radius 2 is 2.00 bits per heavy atom. The number of piperidine rings is 1. The second-order valence-corrected chi connectivity index (χ2v) is 9.61. The van der Waals surface area contributed by atoms with Crippen molar-refractivity contribution in [2.75, 3.05) is 13.1 Å². The Kier molecular flexibility index (Phi) is 6.41. The van der Waals surface area contributed by atoms with Crippen LogP contribution in [-0.2, 0) is 11.2 Å². The van der Waals surface area contributed by atoms with Gasteiger partial charge in [-0.2, -0.15) is 5.10 Å². The van der Waals surface area contributed by atoms with Crippen LogP contribution in [-0.4, -0.2) is 35.2 Å². The second-order valence-electron chi connectivity index (χ2n) is 8.50. The predicted octanol–water partition coefficient (Wildman–Crippen LogP) is 4.68. The number of thioether (sulfide) groups is 1. The van der Waals surface area contributed by atoms with Gasteiger partial charge in [-0.3, -0.25) is 9.89 Å². The maximum atomic E-state index is 12.9. The molecule has 6 heteroatoms. The summed E-state index contributed by atoms with van der Waals surface area (Å²) >= 11 is 1.68. The van der Waals surface area contributed by atoms with Gasteiger partial charge in [0.2, 0.25) is 5.91 Å². The number of aromatic amines is 1. The highest BCUT2D eigenvalue weighted by Gasteiger charge is 2.24. The number of aromatic nitrogens is 2. The highest BCUT2D eigenvalue weighted by atomic mass is 32.2. The number of hydrogen-bond donors (Lipinski definition) is 3. The van der Waals surface area contributed by atoms with E-state index in [1.165, 1.54) is 10.5 Å². The molecule has 32 heavy (non-hydrogen) atoms. The topological polar surface area (TPSA) is 69.8 Å². The van der Waals surface area contributed by atoms with E-state index in [2.05, 4.69) is 57.2 Å². The van der Waals surface area contributed by atoms with Crippen LogP contribution < -0.4 is 10.6 Å². The molecule has 2 aliphatic heterocycles. The summed E-state index contributed by atoms with van der Waals surface area (Å²) in [5.74, 6) is 0.502. The largest absolute Gasteiger partial charge is 0.350 e. The fraction of sp³-hybridized carbons (Fsp3) is 0.308. The zero-order valence-corrected chi connectivity index (χ0v) is 18.8. The number of carbonyl (C=O) groups is 1. The van der Waals surface area contributed by atoms with Gasteiger partial charge in [-0.15, -0.1) is 0 Å². The molecule has 1 fully saturated rings. The van der Waals surface area contributed by atoms with Gasteiger partial charge in [-0.05, 0) is 74.5 Å². The van der Waals surface area contributed by atoms with Crippen LogP contribution in [0.4, 0.5) is 0 Å². The Balaban J connectivity index is 1.25. The Bertz CT molecular complexity index is 1150. The van der Waals surface area contributed by atoms with Crippen LogP contribution in [0.1, 0.15) is 30.5 Å². The third kappa shape index (κ3) is 4.81. The molecule has 5 rings (SSSR count). The average molecular weight is 445 g/mol. The number of benzene rings is 2. The molecule has 1 atom stereocenters. The third-order valence-electron chi connectivity index (χ3n) is 6.35. The molecule has 1 unspecified atom stereocenters. The Labute approximate surface area is 192 Å². The Morgan fingerprint density at radius 1 is 1.16 bits per heavy atom. The average Bonchev–Trinajstić information content (AvgIpc) is 3.26. The molecular formula is C26H28N4OS. The molecule has 0 spiro atoms. The van der Waals surface area contributed by atoms with E-state index in [0.29, 0.717) is 5.92 Å². The van der Waals surface area contributed by atoms with E-state index in [-0.39, 0.29) is 11.9 Å². The number of allylic oxidation sites excluding steroid dienone is 1. The summed E-state index contributed by atoms with van der Waals surface area (Å²) < 4.78 is 0. The van der Waals surface area contributed by atoms with Crippen LogP contribution in [0.5, 0.6) is 0 Å². The highest BCUT2D eigenvalue weighted by Crippen LogP contribution is 2.40. The number of nitrogens with zero attached hydrogens (tertiary/aromatic N) is 1. The molecule has 0 radical (unpaired) electrons. The van der Waals surface area contributed by atoms with Crippen LogP contribution >= 0.6 is 11.8 Å². The zero-order chi connectivity index (χ0) is 21.8. The minimum Gasteiger partial charge on any atom is -0.350 e. The summed E-state index contributed by atoms with van der Waals surface area (Å²) in [6.45, 7) is 2.06. The van der Waals surface area contributed by atoms with E-state index < -0.39 is 0 Å². The van der Waals surface area contributed by atoms with Gasteiger partial charge in [0.25, 0.3) is 0 Å². The van der Waals surface area contributed by atoms with Crippen molar-refractivity contribution < 1.29 is 4.79 Å². The minimum atomic E-state index is -0.0169. The number of H-pyrrole nitrogens is 1. The monoisotopic (exact) mass is 444 g/mol. The molecule has 5 nitrogen and oxygen atoms in total. The van der Waals surface area contributed by atoms with Crippen molar-refractivity contribution in [3.05, 3.63) is 76.8 Å². The molecule has 1 aromatic heterocycles. The zero-order valence-electron chi connectivity index (χ0n) is 18.0. The lowest BCUT2D eigenvalue weighted by Gasteiger charge is -2.31. The quantitative estimate of drug-likeness (QED) is 0.463. The number of aryl methyl sites for hydroxylation is 1. The maximum Gasteiger partial charge on any atom is 0.244 e. The fourth-order valence-corrected chi connectivity index (χ4v) is 5.69. The Morgan fingerprint density at radius 3 is 2.84 bits per heavy atom. The molecule has 164 valence electrons. The first-order valence-corrected chi connectivity index (χ1v) is 12.2. The highest BCUT2D eigenvalue weighted by molar-refractivity contribution is 8.03. The first-order valence-electron chi connectivity index (χ1n) is 11.4. The van der Waals surface area contributed by atoms with Gasteiger partial charge in [0.1, 0.15) is 0 Å².